The van der Waals surface area contributed by atoms with E-state index in [0.717, 1.165) is 32.4 Å². The summed E-state index contributed by atoms with van der Waals surface area (Å²) in [6, 6.07) is 0. The second-order valence-electron chi connectivity index (χ2n) is 5.12. The largest absolute Gasteiger partial charge is 0.337 e. The first-order valence-electron chi connectivity index (χ1n) is 6.72. The first kappa shape index (κ1) is 13.7. The highest BCUT2D eigenvalue weighted by Crippen LogP contribution is 2.37. The van der Waals surface area contributed by atoms with Gasteiger partial charge in [0.15, 0.2) is 5.82 Å². The Hall–Kier alpha value is -1.69. The van der Waals surface area contributed by atoms with Gasteiger partial charge in [0.25, 0.3) is 5.91 Å². The number of nitrogens with one attached hydrogen (secondary N) is 1. The molecule has 0 aliphatic carbocycles. The molecule has 1 aliphatic heterocycles. The van der Waals surface area contributed by atoms with Crippen LogP contribution >= 0.6 is 0 Å². The molecule has 1 aromatic heterocycles. The van der Waals surface area contributed by atoms with Crippen molar-refractivity contribution in [1.29, 1.82) is 0 Å². The minimum Gasteiger partial charge on any atom is -0.337 e. The molecule has 0 aromatic carbocycles. The van der Waals surface area contributed by atoms with Crippen LogP contribution in [0.1, 0.15) is 43.6 Å². The van der Waals surface area contributed by atoms with Crippen LogP contribution in [0.15, 0.2) is 12.4 Å². The number of carbonyl (C=O) groups is 1. The molecular weight excluding hydrogens is 242 g/mol. The van der Waals surface area contributed by atoms with E-state index in [1.165, 1.54) is 12.4 Å². The van der Waals surface area contributed by atoms with Gasteiger partial charge in [-0.05, 0) is 24.7 Å². The number of anilines is 1. The molecule has 6 heteroatoms. The van der Waals surface area contributed by atoms with Crippen LogP contribution in [0.4, 0.5) is 5.82 Å². The van der Waals surface area contributed by atoms with Crippen LogP contribution in [0, 0.1) is 5.41 Å². The number of amides is 1. The Morgan fingerprint density at radius 1 is 1.42 bits per heavy atom. The zero-order chi connectivity index (χ0) is 13.9. The van der Waals surface area contributed by atoms with Crippen molar-refractivity contribution in [1.82, 2.24) is 14.9 Å². The highest BCUT2D eigenvalue weighted by atomic mass is 16.2. The lowest BCUT2D eigenvalue weighted by molar-refractivity contribution is 0.0763. The average Bonchev–Trinajstić information content (AvgIpc) is 2.92. The summed E-state index contributed by atoms with van der Waals surface area (Å²) < 4.78 is 0. The molecule has 6 nitrogen and oxygen atoms in total. The molecule has 0 radical (unpaired) electrons. The van der Waals surface area contributed by atoms with Crippen LogP contribution in [0.3, 0.4) is 0 Å². The molecule has 0 bridgehead atoms. The summed E-state index contributed by atoms with van der Waals surface area (Å²) in [6.07, 6.45) is 6.22. The van der Waals surface area contributed by atoms with Crippen molar-refractivity contribution < 1.29 is 4.79 Å². The zero-order valence-electron chi connectivity index (χ0n) is 11.5. The summed E-state index contributed by atoms with van der Waals surface area (Å²) in [5.41, 5.74) is 3.05. The Morgan fingerprint density at radius 3 is 2.63 bits per heavy atom. The van der Waals surface area contributed by atoms with E-state index in [0.29, 0.717) is 11.5 Å². The topological polar surface area (TPSA) is 84.1 Å². The first-order valence-corrected chi connectivity index (χ1v) is 6.72. The fourth-order valence-electron chi connectivity index (χ4n) is 2.61. The lowest BCUT2D eigenvalue weighted by Crippen LogP contribution is -2.32. The van der Waals surface area contributed by atoms with E-state index in [4.69, 9.17) is 5.84 Å². The van der Waals surface area contributed by atoms with Gasteiger partial charge < -0.3 is 10.3 Å². The number of aromatic nitrogens is 2. The lowest BCUT2D eigenvalue weighted by Gasteiger charge is -2.26. The van der Waals surface area contributed by atoms with E-state index in [9.17, 15) is 4.79 Å². The smallest absolute Gasteiger partial charge is 0.274 e. The number of hydrazine groups is 1. The van der Waals surface area contributed by atoms with Crippen LogP contribution < -0.4 is 11.3 Å². The maximum Gasteiger partial charge on any atom is 0.274 e. The summed E-state index contributed by atoms with van der Waals surface area (Å²) in [4.78, 5) is 22.3. The third-order valence-corrected chi connectivity index (χ3v) is 4.24. The quantitative estimate of drug-likeness (QED) is 0.634. The van der Waals surface area contributed by atoms with Crippen LogP contribution in [0.2, 0.25) is 0 Å². The minimum atomic E-state index is -0.0418. The number of carbonyl (C=O) groups excluding carboxylic acids is 1. The van der Waals surface area contributed by atoms with Crippen LogP contribution in [-0.2, 0) is 0 Å². The zero-order valence-corrected chi connectivity index (χ0v) is 11.5. The van der Waals surface area contributed by atoms with Crippen molar-refractivity contribution in [2.45, 2.75) is 33.1 Å². The highest BCUT2D eigenvalue weighted by Gasteiger charge is 2.37. The van der Waals surface area contributed by atoms with Crippen molar-refractivity contribution in [2.24, 2.45) is 11.3 Å². The van der Waals surface area contributed by atoms with Crippen molar-refractivity contribution in [3.63, 3.8) is 0 Å². The molecule has 2 heterocycles. The number of likely N-dealkylation sites (tertiary alicyclic amines) is 1. The summed E-state index contributed by atoms with van der Waals surface area (Å²) in [5, 5.41) is 0. The molecular formula is C13H21N5O. The maximum atomic E-state index is 12.3. The molecule has 1 fully saturated rings. The minimum absolute atomic E-state index is 0.0418. The number of nitrogens with two attached hydrogens (primary N) is 1. The summed E-state index contributed by atoms with van der Waals surface area (Å²) in [7, 11) is 0. The second kappa shape index (κ2) is 5.52. The Morgan fingerprint density at radius 2 is 2.16 bits per heavy atom. The van der Waals surface area contributed by atoms with Gasteiger partial charge in [-0.1, -0.05) is 13.8 Å². The fraction of sp³-hybridized carbons (Fsp3) is 0.615. The molecule has 19 heavy (non-hydrogen) atoms. The van der Waals surface area contributed by atoms with Crippen molar-refractivity contribution in [3.8, 4) is 0 Å². The number of rotatable bonds is 4. The highest BCUT2D eigenvalue weighted by molar-refractivity contribution is 5.92. The lowest BCUT2D eigenvalue weighted by atomic mass is 9.82. The molecule has 1 saturated heterocycles. The Kier molecular flexibility index (Phi) is 3.99. The molecule has 0 saturated carbocycles. The number of nitrogen functional groups attached to an aromatic ring is 1. The van der Waals surface area contributed by atoms with Gasteiger partial charge in [0.1, 0.15) is 5.69 Å². The third kappa shape index (κ3) is 2.68. The van der Waals surface area contributed by atoms with Gasteiger partial charge in [0.05, 0.1) is 12.4 Å². The van der Waals surface area contributed by atoms with E-state index >= 15 is 0 Å². The number of nitrogens with zero attached hydrogens (tertiary/aromatic N) is 3. The van der Waals surface area contributed by atoms with Crippen molar-refractivity contribution >= 4 is 11.7 Å². The summed E-state index contributed by atoms with van der Waals surface area (Å²) >= 11 is 0. The van der Waals surface area contributed by atoms with E-state index < -0.39 is 0 Å². The predicted molar refractivity (Wildman–Crippen MR) is 73.4 cm³/mol. The van der Waals surface area contributed by atoms with Gasteiger partial charge in [0, 0.05) is 13.1 Å². The first-order chi connectivity index (χ1) is 9.14. The standard InChI is InChI=1S/C13H21N5O/c1-3-13(4-2)5-6-18(9-13)12(19)10-7-16-11(17-14)8-15-10/h7-8H,3-6,9,14H2,1-2H3,(H,16,17). The molecule has 1 amide bonds. The fourth-order valence-corrected chi connectivity index (χ4v) is 2.61. The molecule has 104 valence electrons. The predicted octanol–water partition coefficient (Wildman–Crippen LogP) is 1.41. The van der Waals surface area contributed by atoms with Crippen LogP contribution in [0.25, 0.3) is 0 Å². The maximum absolute atomic E-state index is 12.3. The van der Waals surface area contributed by atoms with Gasteiger partial charge in [-0.15, -0.1) is 0 Å². The van der Waals surface area contributed by atoms with Gasteiger partial charge in [-0.3, -0.25) is 4.79 Å². The molecule has 2 rings (SSSR count). The van der Waals surface area contributed by atoms with Crippen molar-refractivity contribution in [3.05, 3.63) is 18.1 Å². The van der Waals surface area contributed by atoms with Crippen LogP contribution in [0.5, 0.6) is 0 Å². The molecule has 3 N–H and O–H groups in total. The second-order valence-corrected chi connectivity index (χ2v) is 5.12. The number of hydrogen-bond donors (Lipinski definition) is 2. The van der Waals surface area contributed by atoms with Gasteiger partial charge >= 0.3 is 0 Å². The van der Waals surface area contributed by atoms with Gasteiger partial charge in [-0.25, -0.2) is 15.8 Å². The monoisotopic (exact) mass is 263 g/mol. The average molecular weight is 263 g/mol. The molecule has 1 aromatic rings. The van der Waals surface area contributed by atoms with E-state index in [1.807, 2.05) is 4.90 Å². The third-order valence-electron chi connectivity index (χ3n) is 4.24. The molecule has 1 aliphatic rings. The normalized spacial score (nSPS) is 17.5. The Balaban J connectivity index is 2.08. The Labute approximate surface area is 113 Å². The van der Waals surface area contributed by atoms with Crippen LogP contribution in [-0.4, -0.2) is 33.9 Å². The SMILES string of the molecule is CCC1(CC)CCN(C(=O)c2cnc(NN)cn2)C1. The van der Waals surface area contributed by atoms with E-state index in [-0.39, 0.29) is 11.3 Å². The molecule has 0 atom stereocenters. The van der Waals surface area contributed by atoms with E-state index in [1.54, 1.807) is 0 Å². The number of hydrogen-bond acceptors (Lipinski definition) is 5. The summed E-state index contributed by atoms with van der Waals surface area (Å²) in [6.45, 7) is 6.01. The Bertz CT molecular complexity index is 441. The van der Waals surface area contributed by atoms with Crippen molar-refractivity contribution in [2.75, 3.05) is 18.5 Å². The summed E-state index contributed by atoms with van der Waals surface area (Å²) in [5.74, 6) is 5.63. The van der Waals surface area contributed by atoms with Gasteiger partial charge in [0.2, 0.25) is 0 Å². The van der Waals surface area contributed by atoms with Gasteiger partial charge in [-0.2, -0.15) is 0 Å². The molecule has 0 spiro atoms. The molecule has 0 unspecified atom stereocenters. The van der Waals surface area contributed by atoms with E-state index in [2.05, 4.69) is 29.2 Å².